The lowest BCUT2D eigenvalue weighted by molar-refractivity contribution is -0.901. The highest BCUT2D eigenvalue weighted by Gasteiger charge is 2.16. The smallest absolute Gasteiger partial charge is 0.137 e. The second-order valence-electron chi connectivity index (χ2n) is 6.67. The number of likely N-dealkylation sites (N-methyl/N-ethyl adjacent to an activating group) is 1. The third kappa shape index (κ3) is 6.70. The summed E-state index contributed by atoms with van der Waals surface area (Å²) >= 11 is 6.22. The van der Waals surface area contributed by atoms with E-state index in [0.29, 0.717) is 12.5 Å². The van der Waals surface area contributed by atoms with Gasteiger partial charge in [0.15, 0.2) is 0 Å². The van der Waals surface area contributed by atoms with E-state index in [9.17, 15) is 5.11 Å². The molecule has 0 aromatic heterocycles. The molecule has 23 heavy (non-hydrogen) atoms. The summed E-state index contributed by atoms with van der Waals surface area (Å²) in [5.74, 6) is 1.18. The minimum absolute atomic E-state index is 0.330. The molecule has 0 fully saturated rings. The maximum atomic E-state index is 10.3. The van der Waals surface area contributed by atoms with Crippen molar-refractivity contribution in [2.24, 2.45) is 0 Å². The lowest BCUT2D eigenvalue weighted by Gasteiger charge is -2.22. The number of halogens is 1. The minimum atomic E-state index is -0.446. The standard InChI is InChI=1S/C19H32ClNO2/c1-6-8-9-21(7-2)12-16(22)13-23-19-10-15(5)18(20)11-17(19)14(3)4/h10-11,14,16,22H,6-9,12-13H2,1-5H3/p+1/t16-/m1/s1. The second kappa shape index (κ2) is 10.2. The van der Waals surface area contributed by atoms with Gasteiger partial charge in [-0.2, -0.15) is 0 Å². The summed E-state index contributed by atoms with van der Waals surface area (Å²) in [4.78, 5) is 1.43. The Hall–Kier alpha value is -0.770. The molecular weight excluding hydrogens is 310 g/mol. The predicted octanol–water partition coefficient (Wildman–Crippen LogP) is 3.22. The van der Waals surface area contributed by atoms with Crippen LogP contribution >= 0.6 is 11.6 Å². The number of hydrogen-bond donors (Lipinski definition) is 2. The Kier molecular flexibility index (Phi) is 8.96. The van der Waals surface area contributed by atoms with Crippen molar-refractivity contribution in [1.29, 1.82) is 0 Å². The van der Waals surface area contributed by atoms with Gasteiger partial charge in [-0.1, -0.05) is 38.8 Å². The van der Waals surface area contributed by atoms with Crippen LogP contribution in [0.4, 0.5) is 0 Å². The molecule has 2 N–H and O–H groups in total. The Morgan fingerprint density at radius 2 is 1.96 bits per heavy atom. The Morgan fingerprint density at radius 1 is 1.26 bits per heavy atom. The van der Waals surface area contributed by atoms with Crippen LogP contribution in [-0.2, 0) is 0 Å². The SMILES string of the molecule is CCCC[NH+](CC)C[C@@H](O)COc1cc(C)c(Cl)cc1C(C)C. The minimum Gasteiger partial charge on any atom is -0.490 e. The number of quaternary nitrogens is 1. The summed E-state index contributed by atoms with van der Waals surface area (Å²) in [6.45, 7) is 13.8. The van der Waals surface area contributed by atoms with Crippen molar-refractivity contribution in [3.63, 3.8) is 0 Å². The Labute approximate surface area is 146 Å². The molecule has 0 radical (unpaired) electrons. The number of rotatable bonds is 10. The largest absolute Gasteiger partial charge is 0.490 e. The van der Waals surface area contributed by atoms with E-state index < -0.39 is 6.10 Å². The van der Waals surface area contributed by atoms with Crippen LogP contribution in [0.15, 0.2) is 12.1 Å². The quantitative estimate of drug-likeness (QED) is 0.684. The van der Waals surface area contributed by atoms with Crippen LogP contribution in [0.1, 0.15) is 57.6 Å². The highest BCUT2D eigenvalue weighted by Crippen LogP contribution is 2.32. The molecule has 1 rings (SSSR count). The maximum absolute atomic E-state index is 10.3. The molecule has 0 heterocycles. The first-order chi connectivity index (χ1) is 10.9. The Morgan fingerprint density at radius 3 is 2.52 bits per heavy atom. The molecule has 0 saturated carbocycles. The van der Waals surface area contributed by atoms with Gasteiger partial charge in [0.25, 0.3) is 0 Å². The molecule has 0 saturated heterocycles. The summed E-state index contributed by atoms with van der Waals surface area (Å²) in [7, 11) is 0. The van der Waals surface area contributed by atoms with Crippen molar-refractivity contribution < 1.29 is 14.7 Å². The van der Waals surface area contributed by atoms with Crippen molar-refractivity contribution in [1.82, 2.24) is 0 Å². The number of aliphatic hydroxyl groups excluding tert-OH is 1. The van der Waals surface area contributed by atoms with Gasteiger partial charge in [0, 0.05) is 5.02 Å². The van der Waals surface area contributed by atoms with Gasteiger partial charge in [-0.25, -0.2) is 0 Å². The van der Waals surface area contributed by atoms with Crippen molar-refractivity contribution in [2.75, 3.05) is 26.2 Å². The summed E-state index contributed by atoms with van der Waals surface area (Å²) < 4.78 is 5.92. The maximum Gasteiger partial charge on any atom is 0.137 e. The van der Waals surface area contributed by atoms with Crippen molar-refractivity contribution in [3.05, 3.63) is 28.3 Å². The van der Waals surface area contributed by atoms with Gasteiger partial charge in [-0.3, -0.25) is 0 Å². The molecular formula is C19H33ClNO2+. The molecule has 0 aliphatic carbocycles. The zero-order valence-electron chi connectivity index (χ0n) is 15.3. The number of hydrogen-bond acceptors (Lipinski definition) is 2. The molecule has 1 unspecified atom stereocenters. The van der Waals surface area contributed by atoms with Gasteiger partial charge in [-0.15, -0.1) is 0 Å². The Bertz CT molecular complexity index is 477. The van der Waals surface area contributed by atoms with Gasteiger partial charge >= 0.3 is 0 Å². The van der Waals surface area contributed by atoms with E-state index in [1.165, 1.54) is 17.7 Å². The molecule has 4 heteroatoms. The van der Waals surface area contributed by atoms with Gasteiger partial charge in [0.2, 0.25) is 0 Å². The van der Waals surface area contributed by atoms with Crippen molar-refractivity contribution >= 4 is 11.6 Å². The topological polar surface area (TPSA) is 33.9 Å². The molecule has 1 aromatic carbocycles. The van der Waals surface area contributed by atoms with Gasteiger partial charge in [0.05, 0.1) is 13.1 Å². The molecule has 2 atom stereocenters. The van der Waals surface area contributed by atoms with Crippen LogP contribution in [-0.4, -0.2) is 37.5 Å². The Balaban J connectivity index is 2.64. The number of aryl methyl sites for hydroxylation is 1. The third-order valence-electron chi connectivity index (χ3n) is 4.25. The lowest BCUT2D eigenvalue weighted by atomic mass is 10.0. The molecule has 0 aliphatic heterocycles. The van der Waals surface area contributed by atoms with Crippen LogP contribution in [0.2, 0.25) is 5.02 Å². The molecule has 0 aliphatic rings. The van der Waals surface area contributed by atoms with Crippen LogP contribution < -0.4 is 9.64 Å². The first kappa shape index (κ1) is 20.3. The normalized spacial score (nSPS) is 14.1. The first-order valence-corrected chi connectivity index (χ1v) is 9.21. The van der Waals surface area contributed by atoms with Crippen LogP contribution in [0.25, 0.3) is 0 Å². The molecule has 0 amide bonds. The fourth-order valence-corrected chi connectivity index (χ4v) is 2.85. The van der Waals surface area contributed by atoms with E-state index in [4.69, 9.17) is 16.3 Å². The lowest BCUT2D eigenvalue weighted by Crippen LogP contribution is -3.13. The zero-order valence-corrected chi connectivity index (χ0v) is 16.0. The molecule has 0 spiro atoms. The van der Waals surface area contributed by atoms with Crippen LogP contribution in [0.3, 0.4) is 0 Å². The third-order valence-corrected chi connectivity index (χ3v) is 4.66. The van der Waals surface area contributed by atoms with E-state index in [2.05, 4.69) is 27.7 Å². The van der Waals surface area contributed by atoms with E-state index in [0.717, 1.165) is 41.5 Å². The summed E-state index contributed by atoms with van der Waals surface area (Å²) in [6.07, 6.45) is 1.94. The van der Waals surface area contributed by atoms with E-state index >= 15 is 0 Å². The number of nitrogens with one attached hydrogen (secondary N) is 1. The highest BCUT2D eigenvalue weighted by atomic mass is 35.5. The number of aliphatic hydroxyl groups is 1. The van der Waals surface area contributed by atoms with Crippen molar-refractivity contribution in [3.8, 4) is 5.75 Å². The van der Waals surface area contributed by atoms with Crippen LogP contribution in [0.5, 0.6) is 5.75 Å². The highest BCUT2D eigenvalue weighted by molar-refractivity contribution is 6.31. The second-order valence-corrected chi connectivity index (χ2v) is 7.08. The van der Waals surface area contributed by atoms with E-state index in [1.54, 1.807) is 0 Å². The summed E-state index contributed by atoms with van der Waals surface area (Å²) in [5, 5.41) is 11.1. The van der Waals surface area contributed by atoms with Gasteiger partial charge in [0.1, 0.15) is 25.0 Å². The molecule has 3 nitrogen and oxygen atoms in total. The van der Waals surface area contributed by atoms with E-state index in [-0.39, 0.29) is 0 Å². The summed E-state index contributed by atoms with van der Waals surface area (Å²) in [6, 6.07) is 3.96. The fraction of sp³-hybridized carbons (Fsp3) is 0.684. The first-order valence-electron chi connectivity index (χ1n) is 8.83. The average molecular weight is 343 g/mol. The predicted molar refractivity (Wildman–Crippen MR) is 97.9 cm³/mol. The van der Waals surface area contributed by atoms with Crippen molar-refractivity contribution in [2.45, 2.75) is 59.5 Å². The molecule has 132 valence electrons. The van der Waals surface area contributed by atoms with E-state index in [1.807, 2.05) is 19.1 Å². The average Bonchev–Trinajstić information content (AvgIpc) is 2.51. The zero-order chi connectivity index (χ0) is 17.4. The monoisotopic (exact) mass is 342 g/mol. The van der Waals surface area contributed by atoms with Gasteiger partial charge < -0.3 is 14.7 Å². The number of ether oxygens (including phenoxy) is 1. The van der Waals surface area contributed by atoms with Crippen LogP contribution in [0, 0.1) is 6.92 Å². The number of unbranched alkanes of at least 4 members (excludes halogenated alkanes) is 1. The fourth-order valence-electron chi connectivity index (χ4n) is 2.67. The molecule has 1 aromatic rings. The summed E-state index contributed by atoms with van der Waals surface area (Å²) in [5.41, 5.74) is 2.10. The number of benzene rings is 1. The van der Waals surface area contributed by atoms with Gasteiger partial charge in [-0.05, 0) is 49.4 Å². The molecule has 0 bridgehead atoms.